The van der Waals surface area contributed by atoms with Gasteiger partial charge >= 0.3 is 0 Å². The number of nitrogens with one attached hydrogen (secondary N) is 2. The molecule has 4 aromatic rings. The first-order valence-electron chi connectivity index (χ1n) is 11.7. The molecule has 0 saturated heterocycles. The predicted octanol–water partition coefficient (Wildman–Crippen LogP) is 5.47. The zero-order valence-corrected chi connectivity index (χ0v) is 20.8. The van der Waals surface area contributed by atoms with Gasteiger partial charge in [0.1, 0.15) is 5.75 Å². The minimum Gasteiger partial charge on any atom is -0.455 e. The van der Waals surface area contributed by atoms with Crippen LogP contribution in [-0.2, 0) is 10.3 Å². The Labute approximate surface area is 212 Å². The lowest BCUT2D eigenvalue weighted by Gasteiger charge is -2.19. The van der Waals surface area contributed by atoms with Gasteiger partial charge in [0.05, 0.1) is 15.9 Å². The minimum absolute atomic E-state index is 0.00132. The summed E-state index contributed by atoms with van der Waals surface area (Å²) in [5.74, 6) is 0.832. The number of nitrogen functional groups attached to an aromatic ring is 1. The number of fused-ring (bicyclic) bond motifs is 1. The lowest BCUT2D eigenvalue weighted by atomic mass is 9.94. The number of anilines is 3. The standard InChI is InChI=1S/C27H27N5O3S/c1-27(2,29)17-6-3-5-16(13-17)25(34)30-18-7-4-8-19(14-18)35-21-12-11-20-23(22(21)28)36-26(31-20)32-24(33)15-9-10-15/h3-8,11-15H,9-10,28-29H2,1-2H3,(H,30,34)(H,31,32,33). The topological polar surface area (TPSA) is 132 Å². The van der Waals surface area contributed by atoms with Crippen LogP contribution in [0.1, 0.15) is 42.6 Å². The summed E-state index contributed by atoms with van der Waals surface area (Å²) in [6, 6.07) is 17.9. The molecule has 1 aliphatic rings. The number of nitrogens with two attached hydrogens (primary N) is 2. The van der Waals surface area contributed by atoms with E-state index in [2.05, 4.69) is 15.6 Å². The zero-order valence-electron chi connectivity index (χ0n) is 20.0. The lowest BCUT2D eigenvalue weighted by Crippen LogP contribution is -2.29. The number of carbonyl (C=O) groups is 2. The monoisotopic (exact) mass is 501 g/mol. The van der Waals surface area contributed by atoms with Gasteiger partial charge in [0.15, 0.2) is 10.9 Å². The van der Waals surface area contributed by atoms with Crippen LogP contribution in [0.15, 0.2) is 60.7 Å². The van der Waals surface area contributed by atoms with Gasteiger partial charge in [-0.3, -0.25) is 9.59 Å². The molecule has 1 heterocycles. The highest BCUT2D eigenvalue weighted by molar-refractivity contribution is 7.23. The largest absolute Gasteiger partial charge is 0.455 e. The number of amides is 2. The number of thiazole rings is 1. The fraction of sp³-hybridized carbons (Fsp3) is 0.222. The number of hydrogen-bond donors (Lipinski definition) is 4. The normalized spacial score (nSPS) is 13.4. The summed E-state index contributed by atoms with van der Waals surface area (Å²) >= 11 is 1.32. The van der Waals surface area contributed by atoms with Crippen molar-refractivity contribution in [1.82, 2.24) is 4.98 Å². The summed E-state index contributed by atoms with van der Waals surface area (Å²) in [6.07, 6.45) is 1.85. The van der Waals surface area contributed by atoms with Crippen LogP contribution in [0.5, 0.6) is 11.5 Å². The van der Waals surface area contributed by atoms with E-state index in [1.165, 1.54) is 11.3 Å². The molecule has 8 nitrogen and oxygen atoms in total. The van der Waals surface area contributed by atoms with E-state index in [9.17, 15) is 9.59 Å². The second-order valence-corrected chi connectivity index (χ2v) is 10.5. The summed E-state index contributed by atoms with van der Waals surface area (Å²) in [5, 5.41) is 6.29. The van der Waals surface area contributed by atoms with Gasteiger partial charge in [0.2, 0.25) is 5.91 Å². The average molecular weight is 502 g/mol. The van der Waals surface area contributed by atoms with Crippen LogP contribution in [0, 0.1) is 5.92 Å². The van der Waals surface area contributed by atoms with Crippen molar-refractivity contribution in [2.75, 3.05) is 16.4 Å². The first-order valence-corrected chi connectivity index (χ1v) is 12.5. The van der Waals surface area contributed by atoms with E-state index in [1.54, 1.807) is 42.5 Å². The van der Waals surface area contributed by atoms with Crippen LogP contribution in [0.2, 0.25) is 0 Å². The zero-order chi connectivity index (χ0) is 25.4. The fourth-order valence-corrected chi connectivity index (χ4v) is 4.64. The quantitative estimate of drug-likeness (QED) is 0.248. The molecule has 5 rings (SSSR count). The Morgan fingerprint density at radius 2 is 1.83 bits per heavy atom. The van der Waals surface area contributed by atoms with Crippen molar-refractivity contribution in [1.29, 1.82) is 0 Å². The van der Waals surface area contributed by atoms with Crippen LogP contribution in [0.25, 0.3) is 10.2 Å². The second kappa shape index (κ2) is 9.25. The number of carbonyl (C=O) groups excluding carboxylic acids is 2. The molecule has 0 atom stereocenters. The predicted molar refractivity (Wildman–Crippen MR) is 144 cm³/mol. The number of ether oxygens (including phenoxy) is 1. The van der Waals surface area contributed by atoms with E-state index in [0.29, 0.717) is 39.1 Å². The van der Waals surface area contributed by atoms with Crippen molar-refractivity contribution in [2.45, 2.75) is 32.2 Å². The Morgan fingerprint density at radius 3 is 2.58 bits per heavy atom. The van der Waals surface area contributed by atoms with Gasteiger partial charge in [-0.05, 0) is 68.7 Å². The maximum absolute atomic E-state index is 12.8. The van der Waals surface area contributed by atoms with Crippen molar-refractivity contribution < 1.29 is 14.3 Å². The molecule has 6 N–H and O–H groups in total. The molecule has 9 heteroatoms. The summed E-state index contributed by atoms with van der Waals surface area (Å²) < 4.78 is 6.79. The maximum Gasteiger partial charge on any atom is 0.255 e. The molecule has 1 aliphatic carbocycles. The molecule has 0 radical (unpaired) electrons. The number of nitrogens with zero attached hydrogens (tertiary/aromatic N) is 1. The van der Waals surface area contributed by atoms with Crippen LogP contribution in [0.4, 0.5) is 16.5 Å². The molecule has 2 amide bonds. The van der Waals surface area contributed by atoms with Crippen LogP contribution in [0.3, 0.4) is 0 Å². The SMILES string of the molecule is CC(C)(N)c1cccc(C(=O)Nc2cccc(Oc3ccc4nc(NC(=O)C5CC5)sc4c3N)c2)c1. The highest BCUT2D eigenvalue weighted by Crippen LogP contribution is 2.39. The first-order chi connectivity index (χ1) is 17.2. The molecule has 3 aromatic carbocycles. The van der Waals surface area contributed by atoms with Crippen LogP contribution < -0.4 is 26.8 Å². The first kappa shape index (κ1) is 23.8. The van der Waals surface area contributed by atoms with Crippen molar-refractivity contribution >= 4 is 49.9 Å². The third-order valence-electron chi connectivity index (χ3n) is 5.92. The van der Waals surface area contributed by atoms with Gasteiger partial charge < -0.3 is 26.8 Å². The average Bonchev–Trinajstić information content (AvgIpc) is 3.61. The smallest absolute Gasteiger partial charge is 0.255 e. The van der Waals surface area contributed by atoms with Crippen molar-refractivity contribution in [2.24, 2.45) is 11.7 Å². The van der Waals surface area contributed by atoms with E-state index in [1.807, 2.05) is 32.0 Å². The van der Waals surface area contributed by atoms with E-state index >= 15 is 0 Å². The molecule has 0 unspecified atom stereocenters. The van der Waals surface area contributed by atoms with Crippen LogP contribution in [-0.4, -0.2) is 16.8 Å². The third kappa shape index (κ3) is 5.17. The van der Waals surface area contributed by atoms with Gasteiger partial charge in [-0.15, -0.1) is 0 Å². The van der Waals surface area contributed by atoms with Crippen molar-refractivity contribution in [3.8, 4) is 11.5 Å². The van der Waals surface area contributed by atoms with Crippen molar-refractivity contribution in [3.05, 3.63) is 71.8 Å². The van der Waals surface area contributed by atoms with Crippen LogP contribution >= 0.6 is 11.3 Å². The van der Waals surface area contributed by atoms with Gasteiger partial charge in [-0.25, -0.2) is 4.98 Å². The summed E-state index contributed by atoms with van der Waals surface area (Å²) in [5.41, 5.74) is 15.1. The van der Waals surface area contributed by atoms with Gasteiger partial charge in [-0.1, -0.05) is 29.5 Å². The number of hydrogen-bond acceptors (Lipinski definition) is 7. The van der Waals surface area contributed by atoms with E-state index < -0.39 is 5.54 Å². The minimum atomic E-state index is -0.549. The van der Waals surface area contributed by atoms with E-state index in [-0.39, 0.29) is 17.7 Å². The van der Waals surface area contributed by atoms with Gasteiger partial charge in [0, 0.05) is 28.8 Å². The lowest BCUT2D eigenvalue weighted by molar-refractivity contribution is -0.117. The highest BCUT2D eigenvalue weighted by Gasteiger charge is 2.30. The van der Waals surface area contributed by atoms with E-state index in [0.717, 1.165) is 23.1 Å². The summed E-state index contributed by atoms with van der Waals surface area (Å²) in [4.78, 5) is 29.4. The van der Waals surface area contributed by atoms with Gasteiger partial charge in [0.25, 0.3) is 5.91 Å². The molecular formula is C27H27N5O3S. The summed E-state index contributed by atoms with van der Waals surface area (Å²) in [6.45, 7) is 3.79. The Kier molecular flexibility index (Phi) is 6.11. The molecule has 0 aliphatic heterocycles. The molecule has 1 aromatic heterocycles. The molecule has 36 heavy (non-hydrogen) atoms. The maximum atomic E-state index is 12.8. The molecule has 0 bridgehead atoms. The van der Waals surface area contributed by atoms with Gasteiger partial charge in [-0.2, -0.15) is 0 Å². The Balaban J connectivity index is 1.32. The Hall–Kier alpha value is -3.95. The number of aromatic nitrogens is 1. The van der Waals surface area contributed by atoms with Crippen molar-refractivity contribution in [3.63, 3.8) is 0 Å². The molecule has 1 fully saturated rings. The van der Waals surface area contributed by atoms with E-state index in [4.69, 9.17) is 16.2 Å². The molecule has 0 spiro atoms. The molecular weight excluding hydrogens is 474 g/mol. The molecule has 184 valence electrons. The Bertz CT molecular complexity index is 1470. The Morgan fingerprint density at radius 1 is 1.06 bits per heavy atom. The summed E-state index contributed by atoms with van der Waals surface area (Å²) in [7, 11) is 0. The second-order valence-electron chi connectivity index (χ2n) is 9.49. The third-order valence-corrected chi connectivity index (χ3v) is 6.94. The number of benzene rings is 3. The highest BCUT2D eigenvalue weighted by atomic mass is 32.1. The molecule has 1 saturated carbocycles. The number of rotatable bonds is 7. The fourth-order valence-electron chi connectivity index (χ4n) is 3.72.